The third-order valence-corrected chi connectivity index (χ3v) is 9.85. The Morgan fingerprint density at radius 1 is 0.375 bits per heavy atom. The lowest BCUT2D eigenvalue weighted by Gasteiger charge is -2.18. The van der Waals surface area contributed by atoms with E-state index in [4.69, 9.17) is 14.2 Å². The molecule has 0 spiro atoms. The highest BCUT2D eigenvalue weighted by Crippen LogP contribution is 2.15. The molecule has 0 aromatic heterocycles. The number of esters is 3. The number of carbonyl (C=O) groups is 3. The first-order valence-corrected chi connectivity index (χ1v) is 23.3. The molecule has 0 aliphatic rings. The van der Waals surface area contributed by atoms with Crippen LogP contribution in [0, 0.1) is 0 Å². The molecule has 0 aliphatic heterocycles. The molecule has 0 saturated carbocycles. The van der Waals surface area contributed by atoms with Gasteiger partial charge in [0.2, 0.25) is 0 Å². The standard InChI is InChI=1S/C50H86O6/c1-4-7-10-13-16-19-21-23-25-27-28-31-34-37-40-43-49(52)55-46-47(45-54-48(51)42-39-36-33-30-18-15-12-9-6-3)56-50(53)44-41-38-35-32-29-26-24-22-20-17-14-11-8-5-2/h7,10,13,16,19,21,23,25,30,33,47H,4-6,8-9,11-12,14-15,17-18,20,22,24,26-29,31-32,34-46H2,1-3H3/b10-7-,16-13-,21-19-,25-23-,33-30-. The number of allylic oxidation sites excluding steroid dienone is 10. The van der Waals surface area contributed by atoms with Gasteiger partial charge in [0, 0.05) is 19.3 Å². The summed E-state index contributed by atoms with van der Waals surface area (Å²) in [6, 6.07) is 0. The lowest BCUT2D eigenvalue weighted by atomic mass is 10.0. The second-order valence-electron chi connectivity index (χ2n) is 15.4. The van der Waals surface area contributed by atoms with Gasteiger partial charge in [-0.1, -0.05) is 204 Å². The number of ether oxygens (including phenoxy) is 3. The molecule has 6 nitrogen and oxygen atoms in total. The minimum absolute atomic E-state index is 0.0939. The van der Waals surface area contributed by atoms with Crippen LogP contribution < -0.4 is 0 Å². The van der Waals surface area contributed by atoms with E-state index >= 15 is 0 Å². The summed E-state index contributed by atoms with van der Waals surface area (Å²) in [6.45, 7) is 6.41. The molecule has 0 saturated heterocycles. The van der Waals surface area contributed by atoms with Crippen molar-refractivity contribution < 1.29 is 28.6 Å². The van der Waals surface area contributed by atoms with Gasteiger partial charge in [0.25, 0.3) is 0 Å². The maximum Gasteiger partial charge on any atom is 0.306 e. The zero-order valence-electron chi connectivity index (χ0n) is 36.6. The second-order valence-corrected chi connectivity index (χ2v) is 15.4. The first-order chi connectivity index (χ1) is 27.5. The van der Waals surface area contributed by atoms with Gasteiger partial charge in [0.05, 0.1) is 0 Å². The molecule has 0 fully saturated rings. The van der Waals surface area contributed by atoms with Crippen LogP contribution in [0.4, 0.5) is 0 Å². The van der Waals surface area contributed by atoms with E-state index < -0.39 is 6.10 Å². The highest BCUT2D eigenvalue weighted by molar-refractivity contribution is 5.71. The summed E-state index contributed by atoms with van der Waals surface area (Å²) in [5.74, 6) is -0.951. The van der Waals surface area contributed by atoms with E-state index in [0.29, 0.717) is 25.7 Å². The van der Waals surface area contributed by atoms with E-state index in [1.807, 2.05) is 18.2 Å². The van der Waals surface area contributed by atoms with E-state index in [2.05, 4.69) is 63.3 Å². The molecule has 322 valence electrons. The van der Waals surface area contributed by atoms with Gasteiger partial charge in [-0.2, -0.15) is 0 Å². The Labute approximate surface area is 345 Å². The number of hydrogen-bond acceptors (Lipinski definition) is 6. The zero-order valence-corrected chi connectivity index (χ0v) is 36.6. The van der Waals surface area contributed by atoms with Crippen LogP contribution in [0.2, 0.25) is 0 Å². The van der Waals surface area contributed by atoms with Crippen molar-refractivity contribution in [3.8, 4) is 0 Å². The Bertz CT molecular complexity index is 1040. The first-order valence-electron chi connectivity index (χ1n) is 23.3. The highest BCUT2D eigenvalue weighted by Gasteiger charge is 2.19. The summed E-state index contributed by atoms with van der Waals surface area (Å²) >= 11 is 0. The van der Waals surface area contributed by atoms with E-state index in [1.165, 1.54) is 96.3 Å². The quantitative estimate of drug-likeness (QED) is 0.0202. The van der Waals surface area contributed by atoms with Gasteiger partial charge in [-0.05, 0) is 57.8 Å². The van der Waals surface area contributed by atoms with Gasteiger partial charge in [-0.15, -0.1) is 0 Å². The number of carbonyl (C=O) groups excluding carboxylic acids is 3. The van der Waals surface area contributed by atoms with Crippen LogP contribution in [-0.4, -0.2) is 37.2 Å². The molecule has 0 heterocycles. The van der Waals surface area contributed by atoms with Crippen molar-refractivity contribution in [2.45, 2.75) is 226 Å². The molecule has 0 N–H and O–H groups in total. The third kappa shape index (κ3) is 42.3. The predicted molar refractivity (Wildman–Crippen MR) is 238 cm³/mol. The SMILES string of the molecule is CC\C=C/C=C\C=C/C=C\CCCCCCCC(=O)OCC(COC(=O)CCC/C=C\CCCCCC)OC(=O)CCCCCCCCCCCCCCCC. The van der Waals surface area contributed by atoms with Gasteiger partial charge in [0.1, 0.15) is 13.2 Å². The second kappa shape index (κ2) is 44.8. The number of unbranched alkanes of at least 4 members (excludes halogenated alkanes) is 23. The van der Waals surface area contributed by atoms with Crippen molar-refractivity contribution in [1.29, 1.82) is 0 Å². The normalized spacial score (nSPS) is 12.6. The Balaban J connectivity index is 4.41. The van der Waals surface area contributed by atoms with Crippen LogP contribution in [0.1, 0.15) is 220 Å². The lowest BCUT2D eigenvalue weighted by Crippen LogP contribution is -2.30. The Hall–Kier alpha value is -2.89. The summed E-state index contributed by atoms with van der Waals surface area (Å²) in [5, 5.41) is 0. The lowest BCUT2D eigenvalue weighted by molar-refractivity contribution is -0.167. The first kappa shape index (κ1) is 53.1. The Kier molecular flexibility index (Phi) is 42.5. The molecule has 0 aliphatic carbocycles. The molecule has 56 heavy (non-hydrogen) atoms. The van der Waals surface area contributed by atoms with Crippen LogP contribution in [-0.2, 0) is 28.6 Å². The molecular weight excluding hydrogens is 697 g/mol. The summed E-state index contributed by atoms with van der Waals surface area (Å²) in [5.41, 5.74) is 0. The monoisotopic (exact) mass is 783 g/mol. The largest absolute Gasteiger partial charge is 0.462 e. The van der Waals surface area contributed by atoms with E-state index in [0.717, 1.165) is 77.0 Å². The van der Waals surface area contributed by atoms with Crippen LogP contribution in [0.15, 0.2) is 60.8 Å². The van der Waals surface area contributed by atoms with E-state index in [-0.39, 0.29) is 31.1 Å². The van der Waals surface area contributed by atoms with Crippen molar-refractivity contribution in [3.63, 3.8) is 0 Å². The van der Waals surface area contributed by atoms with Gasteiger partial charge >= 0.3 is 17.9 Å². The van der Waals surface area contributed by atoms with Crippen LogP contribution in [0.25, 0.3) is 0 Å². The zero-order chi connectivity index (χ0) is 40.8. The molecule has 1 atom stereocenters. The van der Waals surface area contributed by atoms with Crippen molar-refractivity contribution in [2.24, 2.45) is 0 Å². The van der Waals surface area contributed by atoms with Gasteiger partial charge in [0.15, 0.2) is 6.10 Å². The minimum atomic E-state index is -0.790. The Morgan fingerprint density at radius 3 is 1.23 bits per heavy atom. The molecule has 0 bridgehead atoms. The highest BCUT2D eigenvalue weighted by atomic mass is 16.6. The van der Waals surface area contributed by atoms with Crippen molar-refractivity contribution in [3.05, 3.63) is 60.8 Å². The molecule has 6 heteroatoms. The maximum absolute atomic E-state index is 12.7. The average molecular weight is 783 g/mol. The van der Waals surface area contributed by atoms with Gasteiger partial charge < -0.3 is 14.2 Å². The smallest absolute Gasteiger partial charge is 0.306 e. The average Bonchev–Trinajstić information content (AvgIpc) is 3.19. The molecule has 0 rings (SSSR count). The van der Waals surface area contributed by atoms with Crippen molar-refractivity contribution >= 4 is 17.9 Å². The predicted octanol–water partition coefficient (Wildman–Crippen LogP) is 14.9. The van der Waals surface area contributed by atoms with Crippen LogP contribution in [0.5, 0.6) is 0 Å². The summed E-state index contributed by atoms with van der Waals surface area (Å²) in [4.78, 5) is 37.7. The molecule has 0 aromatic rings. The molecular formula is C50H86O6. The Morgan fingerprint density at radius 2 is 0.732 bits per heavy atom. The number of hydrogen-bond donors (Lipinski definition) is 0. The molecule has 1 unspecified atom stereocenters. The topological polar surface area (TPSA) is 78.9 Å². The van der Waals surface area contributed by atoms with Gasteiger partial charge in [-0.25, -0.2) is 0 Å². The van der Waals surface area contributed by atoms with Crippen LogP contribution >= 0.6 is 0 Å². The van der Waals surface area contributed by atoms with Gasteiger partial charge in [-0.3, -0.25) is 14.4 Å². The fraction of sp³-hybridized carbons (Fsp3) is 0.740. The summed E-state index contributed by atoms with van der Waals surface area (Å²) < 4.78 is 16.7. The van der Waals surface area contributed by atoms with E-state index in [9.17, 15) is 14.4 Å². The fourth-order valence-corrected chi connectivity index (χ4v) is 6.34. The fourth-order valence-electron chi connectivity index (χ4n) is 6.34. The van der Waals surface area contributed by atoms with Crippen molar-refractivity contribution in [2.75, 3.05) is 13.2 Å². The minimum Gasteiger partial charge on any atom is -0.462 e. The number of rotatable bonds is 41. The molecule has 0 aromatic carbocycles. The molecule has 0 amide bonds. The third-order valence-electron chi connectivity index (χ3n) is 9.85. The van der Waals surface area contributed by atoms with Crippen LogP contribution in [0.3, 0.4) is 0 Å². The molecule has 0 radical (unpaired) electrons. The summed E-state index contributed by atoms with van der Waals surface area (Å²) in [7, 11) is 0. The maximum atomic E-state index is 12.7. The van der Waals surface area contributed by atoms with Crippen molar-refractivity contribution in [1.82, 2.24) is 0 Å². The van der Waals surface area contributed by atoms with E-state index in [1.54, 1.807) is 0 Å². The summed E-state index contributed by atoms with van der Waals surface area (Å²) in [6.07, 6.45) is 53.5.